The van der Waals surface area contributed by atoms with Crippen molar-refractivity contribution in [3.05, 3.63) is 42.5 Å². The Morgan fingerprint density at radius 3 is 2.67 bits per heavy atom. The zero-order chi connectivity index (χ0) is 19.6. The molecule has 7 nitrogen and oxygen atoms in total. The van der Waals surface area contributed by atoms with Gasteiger partial charge in [0.05, 0.1) is 18.8 Å². The van der Waals surface area contributed by atoms with E-state index in [1.54, 1.807) is 11.0 Å². The summed E-state index contributed by atoms with van der Waals surface area (Å²) in [6.07, 6.45) is 6.44. The zero-order valence-electron chi connectivity index (χ0n) is 16.1. The number of esters is 1. The number of aromatic nitrogens is 3. The van der Waals surface area contributed by atoms with Gasteiger partial charge in [0, 0.05) is 20.0 Å². The Bertz CT molecular complexity index is 718. The first-order chi connectivity index (χ1) is 13.0. The van der Waals surface area contributed by atoms with Gasteiger partial charge in [-0.3, -0.25) is 4.79 Å². The van der Waals surface area contributed by atoms with Gasteiger partial charge in [-0.05, 0) is 49.7 Å². The van der Waals surface area contributed by atoms with E-state index >= 15 is 0 Å². The van der Waals surface area contributed by atoms with Crippen LogP contribution in [0.5, 0.6) is 0 Å². The number of ether oxygens (including phenoxy) is 1. The van der Waals surface area contributed by atoms with Crippen LogP contribution in [-0.4, -0.2) is 51.4 Å². The number of benzene rings is 1. The Labute approximate surface area is 165 Å². The van der Waals surface area contributed by atoms with Crippen LogP contribution in [-0.2, 0) is 9.53 Å². The van der Waals surface area contributed by atoms with Crippen LogP contribution in [0.3, 0.4) is 0 Å². The molecule has 1 aromatic carbocycles. The van der Waals surface area contributed by atoms with Crippen molar-refractivity contribution in [2.75, 3.05) is 20.7 Å². The number of methoxy groups -OCH3 is 1. The summed E-state index contributed by atoms with van der Waals surface area (Å²) in [5.41, 5.74) is 2.14. The lowest BCUT2D eigenvalue weighted by molar-refractivity contribution is -0.140. The summed E-state index contributed by atoms with van der Waals surface area (Å²) in [6.45, 7) is 2.91. The van der Waals surface area contributed by atoms with Gasteiger partial charge in [-0.1, -0.05) is 18.6 Å². The fourth-order valence-electron chi connectivity index (χ4n) is 2.64. The summed E-state index contributed by atoms with van der Waals surface area (Å²) in [6, 6.07) is 8.34. The number of nitrogens with one attached hydrogen (secondary N) is 1. The molecule has 0 fully saturated rings. The van der Waals surface area contributed by atoms with E-state index in [4.69, 9.17) is 12.2 Å². The van der Waals surface area contributed by atoms with Gasteiger partial charge in [0.25, 0.3) is 0 Å². The molecule has 2 aromatic rings. The van der Waals surface area contributed by atoms with Crippen molar-refractivity contribution >= 4 is 23.3 Å². The van der Waals surface area contributed by atoms with Crippen LogP contribution in [0.25, 0.3) is 5.69 Å². The van der Waals surface area contributed by atoms with Crippen molar-refractivity contribution in [2.24, 2.45) is 0 Å². The van der Waals surface area contributed by atoms with Gasteiger partial charge in [-0.25, -0.2) is 9.67 Å². The molecule has 0 spiro atoms. The maximum Gasteiger partial charge on any atom is 0.305 e. The van der Waals surface area contributed by atoms with Crippen LogP contribution in [0, 0.1) is 0 Å². The number of carbonyl (C=O) groups is 1. The molecule has 2 rings (SSSR count). The topological polar surface area (TPSA) is 72.3 Å². The summed E-state index contributed by atoms with van der Waals surface area (Å²) in [4.78, 5) is 17.1. The van der Waals surface area contributed by atoms with E-state index in [1.165, 1.54) is 19.0 Å². The van der Waals surface area contributed by atoms with E-state index < -0.39 is 0 Å². The van der Waals surface area contributed by atoms with Crippen molar-refractivity contribution in [1.29, 1.82) is 0 Å². The molecular weight excluding hydrogens is 362 g/mol. The number of hydrogen-bond donors (Lipinski definition) is 1. The van der Waals surface area contributed by atoms with Crippen LogP contribution in [0.15, 0.2) is 36.9 Å². The molecule has 8 heteroatoms. The Kier molecular flexibility index (Phi) is 8.19. The highest BCUT2D eigenvalue weighted by molar-refractivity contribution is 7.80. The SMILES string of the molecule is COC(=O)CCCCCNC(=S)N(C)[C@H](C)c1ccc(-n2cncn2)cc1. The molecule has 0 aliphatic carbocycles. The Morgan fingerprint density at radius 2 is 2.04 bits per heavy atom. The number of nitrogens with zero attached hydrogens (tertiary/aromatic N) is 4. The third-order valence-electron chi connectivity index (χ3n) is 4.52. The molecule has 1 atom stereocenters. The second-order valence-electron chi connectivity index (χ2n) is 6.34. The summed E-state index contributed by atoms with van der Waals surface area (Å²) in [7, 11) is 3.41. The first kappa shape index (κ1) is 20.8. The van der Waals surface area contributed by atoms with E-state index in [2.05, 4.69) is 39.2 Å². The monoisotopic (exact) mass is 389 g/mol. The molecule has 0 saturated carbocycles. The molecule has 1 heterocycles. The predicted molar refractivity (Wildman–Crippen MR) is 109 cm³/mol. The number of rotatable bonds is 9. The maximum atomic E-state index is 11.1. The molecule has 0 aliphatic rings. The van der Waals surface area contributed by atoms with Crippen LogP contribution in [0.1, 0.15) is 44.2 Å². The van der Waals surface area contributed by atoms with Crippen LogP contribution in [0.2, 0.25) is 0 Å². The first-order valence-corrected chi connectivity index (χ1v) is 9.46. The van der Waals surface area contributed by atoms with E-state index in [-0.39, 0.29) is 12.0 Å². The number of thiocarbonyl (C=S) groups is 1. The van der Waals surface area contributed by atoms with Gasteiger partial charge in [0.2, 0.25) is 0 Å². The number of hydrogen-bond acceptors (Lipinski definition) is 5. The normalized spacial score (nSPS) is 11.7. The second-order valence-corrected chi connectivity index (χ2v) is 6.72. The Hall–Kier alpha value is -2.48. The number of unbranched alkanes of at least 4 members (excludes halogenated alkanes) is 2. The van der Waals surface area contributed by atoms with Crippen molar-refractivity contribution in [3.63, 3.8) is 0 Å². The minimum atomic E-state index is -0.151. The largest absolute Gasteiger partial charge is 0.469 e. The van der Waals surface area contributed by atoms with Crippen molar-refractivity contribution in [3.8, 4) is 5.69 Å². The van der Waals surface area contributed by atoms with E-state index in [9.17, 15) is 4.79 Å². The molecular formula is C19H27N5O2S. The summed E-state index contributed by atoms with van der Waals surface area (Å²) in [5.74, 6) is -0.151. The van der Waals surface area contributed by atoms with Gasteiger partial charge >= 0.3 is 5.97 Å². The summed E-state index contributed by atoms with van der Waals surface area (Å²) < 4.78 is 6.36. The fraction of sp³-hybridized carbons (Fsp3) is 0.474. The quantitative estimate of drug-likeness (QED) is 0.402. The van der Waals surface area contributed by atoms with Gasteiger partial charge in [-0.2, -0.15) is 5.10 Å². The van der Waals surface area contributed by atoms with Crippen LogP contribution < -0.4 is 5.32 Å². The molecule has 0 aliphatic heterocycles. The molecule has 146 valence electrons. The Balaban J connectivity index is 1.76. The Morgan fingerprint density at radius 1 is 1.30 bits per heavy atom. The molecule has 1 N–H and O–H groups in total. The minimum Gasteiger partial charge on any atom is -0.469 e. The summed E-state index contributed by atoms with van der Waals surface area (Å²) >= 11 is 5.50. The van der Waals surface area contributed by atoms with Gasteiger partial charge in [0.1, 0.15) is 12.7 Å². The van der Waals surface area contributed by atoms with Crippen LogP contribution in [0.4, 0.5) is 0 Å². The average molecular weight is 390 g/mol. The minimum absolute atomic E-state index is 0.147. The van der Waals surface area contributed by atoms with Crippen molar-refractivity contribution < 1.29 is 9.53 Å². The zero-order valence-corrected chi connectivity index (χ0v) is 16.9. The maximum absolute atomic E-state index is 11.1. The fourth-order valence-corrected chi connectivity index (χ4v) is 2.90. The smallest absolute Gasteiger partial charge is 0.305 e. The highest BCUT2D eigenvalue weighted by atomic mass is 32.1. The third kappa shape index (κ3) is 6.32. The molecule has 0 saturated heterocycles. The molecule has 1 aromatic heterocycles. The van der Waals surface area contributed by atoms with E-state index in [0.717, 1.165) is 36.6 Å². The average Bonchev–Trinajstić information content (AvgIpc) is 3.24. The van der Waals surface area contributed by atoms with Crippen LogP contribution >= 0.6 is 12.2 Å². The summed E-state index contributed by atoms with van der Waals surface area (Å²) in [5, 5.41) is 8.14. The van der Waals surface area contributed by atoms with E-state index in [1.807, 2.05) is 24.1 Å². The lowest BCUT2D eigenvalue weighted by Crippen LogP contribution is -2.38. The lowest BCUT2D eigenvalue weighted by Gasteiger charge is -2.28. The highest BCUT2D eigenvalue weighted by Crippen LogP contribution is 2.20. The van der Waals surface area contributed by atoms with Crippen molar-refractivity contribution in [2.45, 2.75) is 38.6 Å². The molecule has 0 amide bonds. The molecule has 27 heavy (non-hydrogen) atoms. The highest BCUT2D eigenvalue weighted by Gasteiger charge is 2.14. The third-order valence-corrected chi connectivity index (χ3v) is 4.95. The standard InChI is InChI=1S/C19H27N5O2S/c1-15(16-8-10-17(11-9-16)24-14-20-13-22-24)23(2)19(27)21-12-6-4-5-7-18(25)26-3/h8-11,13-15H,4-7,12H2,1-3H3,(H,21,27)/t15-/m1/s1. The number of carbonyl (C=O) groups excluding carboxylic acids is 1. The molecule has 0 unspecified atom stereocenters. The molecule has 0 radical (unpaired) electrons. The van der Waals surface area contributed by atoms with Crippen molar-refractivity contribution in [1.82, 2.24) is 25.0 Å². The predicted octanol–water partition coefficient (Wildman–Crippen LogP) is 2.87. The lowest BCUT2D eigenvalue weighted by atomic mass is 10.1. The molecule has 0 bridgehead atoms. The van der Waals surface area contributed by atoms with Gasteiger partial charge in [0.15, 0.2) is 5.11 Å². The first-order valence-electron chi connectivity index (χ1n) is 9.05. The van der Waals surface area contributed by atoms with E-state index in [0.29, 0.717) is 6.42 Å². The second kappa shape index (κ2) is 10.6. The van der Waals surface area contributed by atoms with Gasteiger partial charge in [-0.15, -0.1) is 0 Å². The van der Waals surface area contributed by atoms with Gasteiger partial charge < -0.3 is 15.0 Å².